The first-order valence-electron chi connectivity index (χ1n) is 7.97. The van der Waals surface area contributed by atoms with Crippen LogP contribution in [0.1, 0.15) is 34.7 Å². The number of carbonyl (C=O) groups excluding carboxylic acids is 1. The first kappa shape index (κ1) is 17.9. The average Bonchev–Trinajstić information content (AvgIpc) is 3.02. The van der Waals surface area contributed by atoms with Gasteiger partial charge in [0.25, 0.3) is 5.91 Å². The van der Waals surface area contributed by atoms with Crippen LogP contribution in [0.15, 0.2) is 29.3 Å². The van der Waals surface area contributed by atoms with E-state index in [1.165, 1.54) is 25.2 Å². The zero-order valence-corrected chi connectivity index (χ0v) is 15.3. The van der Waals surface area contributed by atoms with Gasteiger partial charge in [-0.25, -0.2) is 18.1 Å². The van der Waals surface area contributed by atoms with Gasteiger partial charge >= 0.3 is 0 Å². The van der Waals surface area contributed by atoms with E-state index in [1.807, 2.05) is 6.20 Å². The fourth-order valence-electron chi connectivity index (χ4n) is 2.79. The summed E-state index contributed by atoms with van der Waals surface area (Å²) in [6.45, 7) is 1.21. The summed E-state index contributed by atoms with van der Waals surface area (Å²) in [5.41, 5.74) is 0.891. The molecule has 7 nitrogen and oxygen atoms in total. The fraction of sp³-hybridized carbons (Fsp3) is 0.375. The SMILES string of the molecule is CNS(=O)(=O)c1ccc(Cl)c(C(=O)NCc2cn3c(n2)CCCC3)c1. The Balaban J connectivity index is 1.75. The maximum Gasteiger partial charge on any atom is 0.253 e. The number of imidazole rings is 1. The van der Waals surface area contributed by atoms with Crippen LogP contribution in [0, 0.1) is 0 Å². The minimum absolute atomic E-state index is 0.0120. The van der Waals surface area contributed by atoms with Gasteiger partial charge in [0.2, 0.25) is 10.0 Å². The molecule has 1 aliphatic rings. The van der Waals surface area contributed by atoms with Gasteiger partial charge in [0.15, 0.2) is 0 Å². The molecule has 134 valence electrons. The molecule has 3 rings (SSSR count). The predicted molar refractivity (Wildman–Crippen MR) is 94.0 cm³/mol. The molecule has 9 heteroatoms. The average molecular weight is 383 g/mol. The first-order valence-corrected chi connectivity index (χ1v) is 9.83. The van der Waals surface area contributed by atoms with E-state index in [4.69, 9.17) is 11.6 Å². The molecule has 2 aromatic rings. The smallest absolute Gasteiger partial charge is 0.253 e. The lowest BCUT2D eigenvalue weighted by Gasteiger charge is -2.11. The number of nitrogens with zero attached hydrogens (tertiary/aromatic N) is 2. The van der Waals surface area contributed by atoms with Crippen LogP contribution in [0.5, 0.6) is 0 Å². The molecule has 2 heterocycles. The lowest BCUT2D eigenvalue weighted by Crippen LogP contribution is -2.24. The van der Waals surface area contributed by atoms with E-state index in [0.717, 1.165) is 37.3 Å². The molecule has 0 spiro atoms. The number of hydrogen-bond donors (Lipinski definition) is 2. The summed E-state index contributed by atoms with van der Waals surface area (Å²) in [4.78, 5) is 16.9. The van der Waals surface area contributed by atoms with Crippen molar-refractivity contribution in [2.75, 3.05) is 7.05 Å². The summed E-state index contributed by atoms with van der Waals surface area (Å²) in [5, 5.41) is 2.94. The molecule has 25 heavy (non-hydrogen) atoms. The largest absolute Gasteiger partial charge is 0.346 e. The van der Waals surface area contributed by atoms with Crippen molar-refractivity contribution in [1.29, 1.82) is 0 Å². The Labute approximate surface area is 151 Å². The van der Waals surface area contributed by atoms with E-state index in [2.05, 4.69) is 19.6 Å². The Morgan fingerprint density at radius 2 is 2.16 bits per heavy atom. The van der Waals surface area contributed by atoms with Gasteiger partial charge in [0.05, 0.1) is 27.7 Å². The van der Waals surface area contributed by atoms with Crippen LogP contribution in [-0.4, -0.2) is 30.9 Å². The van der Waals surface area contributed by atoms with Gasteiger partial charge in [0, 0.05) is 19.2 Å². The van der Waals surface area contributed by atoms with E-state index in [9.17, 15) is 13.2 Å². The van der Waals surface area contributed by atoms with E-state index in [1.54, 1.807) is 0 Å². The summed E-state index contributed by atoms with van der Waals surface area (Å²) >= 11 is 6.05. The number of halogens is 1. The molecule has 0 bridgehead atoms. The summed E-state index contributed by atoms with van der Waals surface area (Å²) in [7, 11) is -2.33. The van der Waals surface area contributed by atoms with E-state index >= 15 is 0 Å². The van der Waals surface area contributed by atoms with Gasteiger partial charge in [-0.3, -0.25) is 4.79 Å². The van der Waals surface area contributed by atoms with Crippen molar-refractivity contribution in [3.05, 3.63) is 46.5 Å². The first-order chi connectivity index (χ1) is 11.9. The normalized spacial score (nSPS) is 14.2. The van der Waals surface area contributed by atoms with Gasteiger partial charge in [-0.05, 0) is 38.1 Å². The Morgan fingerprint density at radius 3 is 2.88 bits per heavy atom. The highest BCUT2D eigenvalue weighted by atomic mass is 35.5. The number of carbonyl (C=O) groups is 1. The quantitative estimate of drug-likeness (QED) is 0.823. The van der Waals surface area contributed by atoms with Crippen molar-refractivity contribution in [3.8, 4) is 0 Å². The van der Waals surface area contributed by atoms with E-state index < -0.39 is 15.9 Å². The Bertz CT molecular complexity index is 885. The number of aryl methyl sites for hydroxylation is 2. The molecule has 1 amide bonds. The molecule has 1 aromatic heterocycles. The molecule has 0 saturated heterocycles. The van der Waals surface area contributed by atoms with Crippen molar-refractivity contribution < 1.29 is 13.2 Å². The lowest BCUT2D eigenvalue weighted by molar-refractivity contribution is 0.0950. The second kappa shape index (κ2) is 7.15. The van der Waals surface area contributed by atoms with Crippen molar-refractivity contribution in [2.45, 2.75) is 37.2 Å². The van der Waals surface area contributed by atoms with Gasteiger partial charge < -0.3 is 9.88 Å². The van der Waals surface area contributed by atoms with Gasteiger partial charge in [-0.15, -0.1) is 0 Å². The molecular weight excluding hydrogens is 364 g/mol. The summed E-state index contributed by atoms with van der Waals surface area (Å²) in [5.74, 6) is 0.597. The molecule has 0 aliphatic carbocycles. The maximum absolute atomic E-state index is 12.4. The summed E-state index contributed by atoms with van der Waals surface area (Å²) in [6, 6.07) is 4.02. The maximum atomic E-state index is 12.4. The molecule has 1 aromatic carbocycles. The van der Waals surface area contributed by atoms with E-state index in [-0.39, 0.29) is 22.0 Å². The predicted octanol–water partition coefficient (Wildman–Crippen LogP) is 1.71. The zero-order valence-electron chi connectivity index (χ0n) is 13.8. The molecule has 1 aliphatic heterocycles. The number of rotatable bonds is 5. The third-order valence-corrected chi connectivity index (χ3v) is 5.89. The standard InChI is InChI=1S/C16H19ClN4O3S/c1-18-25(23,24)12-5-6-14(17)13(8-12)16(22)19-9-11-10-21-7-3-2-4-15(21)20-11/h5-6,8,10,18H,2-4,7,9H2,1H3,(H,19,22). The summed E-state index contributed by atoms with van der Waals surface area (Å²) in [6.07, 6.45) is 5.16. The number of aromatic nitrogens is 2. The summed E-state index contributed by atoms with van der Waals surface area (Å²) < 4.78 is 28.1. The molecule has 0 fully saturated rings. The number of nitrogens with one attached hydrogen (secondary N) is 2. The van der Waals surface area contributed by atoms with Crippen molar-refractivity contribution >= 4 is 27.5 Å². The number of benzene rings is 1. The molecule has 2 N–H and O–H groups in total. The molecule has 0 saturated carbocycles. The van der Waals surface area contributed by atoms with Gasteiger partial charge in [-0.2, -0.15) is 0 Å². The Hall–Kier alpha value is -1.90. The second-order valence-electron chi connectivity index (χ2n) is 5.83. The molecule has 0 unspecified atom stereocenters. The minimum Gasteiger partial charge on any atom is -0.346 e. The van der Waals surface area contributed by atoms with Crippen LogP contribution in [0.3, 0.4) is 0 Å². The number of hydrogen-bond acceptors (Lipinski definition) is 4. The number of fused-ring (bicyclic) bond motifs is 1. The number of amides is 1. The van der Waals surface area contributed by atoms with Crippen LogP contribution >= 0.6 is 11.6 Å². The topological polar surface area (TPSA) is 93.1 Å². The number of sulfonamides is 1. The highest BCUT2D eigenvalue weighted by Gasteiger charge is 2.18. The Morgan fingerprint density at radius 1 is 1.36 bits per heavy atom. The van der Waals surface area contributed by atoms with Crippen LogP contribution in [0.4, 0.5) is 0 Å². The minimum atomic E-state index is -3.64. The zero-order chi connectivity index (χ0) is 18.0. The fourth-order valence-corrected chi connectivity index (χ4v) is 3.75. The third-order valence-electron chi connectivity index (χ3n) is 4.15. The van der Waals surface area contributed by atoms with Crippen LogP contribution < -0.4 is 10.0 Å². The monoisotopic (exact) mass is 382 g/mol. The Kier molecular flexibility index (Phi) is 5.12. The molecular formula is C16H19ClN4O3S. The van der Waals surface area contributed by atoms with Crippen LogP contribution in [0.25, 0.3) is 0 Å². The van der Waals surface area contributed by atoms with E-state index in [0.29, 0.717) is 0 Å². The third kappa shape index (κ3) is 3.86. The van der Waals surface area contributed by atoms with Crippen molar-refractivity contribution in [1.82, 2.24) is 19.6 Å². The highest BCUT2D eigenvalue weighted by molar-refractivity contribution is 7.89. The molecule has 0 radical (unpaired) electrons. The highest BCUT2D eigenvalue weighted by Crippen LogP contribution is 2.21. The van der Waals surface area contributed by atoms with Gasteiger partial charge in [0.1, 0.15) is 5.82 Å². The second-order valence-corrected chi connectivity index (χ2v) is 8.12. The van der Waals surface area contributed by atoms with Crippen LogP contribution in [-0.2, 0) is 29.5 Å². The van der Waals surface area contributed by atoms with Gasteiger partial charge in [-0.1, -0.05) is 11.6 Å². The van der Waals surface area contributed by atoms with Crippen LogP contribution in [0.2, 0.25) is 5.02 Å². The lowest BCUT2D eigenvalue weighted by atomic mass is 10.2. The molecule has 0 atom stereocenters. The van der Waals surface area contributed by atoms with Crippen molar-refractivity contribution in [3.63, 3.8) is 0 Å². The van der Waals surface area contributed by atoms with Crippen molar-refractivity contribution in [2.24, 2.45) is 0 Å².